The predicted molar refractivity (Wildman–Crippen MR) is 113 cm³/mol. The lowest BCUT2D eigenvalue weighted by Gasteiger charge is -2.40. The topological polar surface area (TPSA) is 98.7 Å². The zero-order chi connectivity index (χ0) is 20.5. The molecular weight excluding hydrogens is 376 g/mol. The van der Waals surface area contributed by atoms with Crippen molar-refractivity contribution in [1.29, 1.82) is 0 Å². The summed E-state index contributed by atoms with van der Waals surface area (Å²) in [5.74, 6) is 0.702. The van der Waals surface area contributed by atoms with Crippen LogP contribution in [-0.4, -0.2) is 69.1 Å². The first-order valence-corrected chi connectivity index (χ1v) is 11.5. The summed E-state index contributed by atoms with van der Waals surface area (Å²) in [4.78, 5) is 11.2. The number of nitrogens with zero attached hydrogens (tertiary/aromatic N) is 3. The van der Waals surface area contributed by atoms with Crippen molar-refractivity contribution in [3.8, 4) is 0 Å². The third-order valence-electron chi connectivity index (χ3n) is 4.83. The number of sulfonamides is 1. The van der Waals surface area contributed by atoms with Crippen LogP contribution in [0.4, 0.5) is 0 Å². The highest BCUT2D eigenvalue weighted by molar-refractivity contribution is 7.89. The predicted octanol–water partition coefficient (Wildman–Crippen LogP) is 1.18. The van der Waals surface area contributed by atoms with Gasteiger partial charge in [0.2, 0.25) is 10.0 Å². The van der Waals surface area contributed by atoms with Gasteiger partial charge in [0, 0.05) is 37.6 Å². The van der Waals surface area contributed by atoms with Gasteiger partial charge in [-0.3, -0.25) is 14.9 Å². The molecule has 0 atom stereocenters. The smallest absolute Gasteiger partial charge is 0.242 e. The van der Waals surface area contributed by atoms with Crippen LogP contribution < -0.4 is 15.4 Å². The van der Waals surface area contributed by atoms with Crippen LogP contribution in [0.15, 0.2) is 34.4 Å². The summed E-state index contributed by atoms with van der Waals surface area (Å²) in [6.07, 6.45) is 6.70. The standard InChI is InChI=1S/C19H34N6O2S/c1-4-21-18(23-16-19(2,3)25-13-6-5-7-14-25)22-11-12-24-28(26,27)17-9-8-10-20-15-17/h8-10,15,24H,4-7,11-14,16H2,1-3H3,(H2,21,22,23). The van der Waals surface area contributed by atoms with E-state index in [4.69, 9.17) is 4.99 Å². The second kappa shape index (κ2) is 10.7. The van der Waals surface area contributed by atoms with Crippen LogP contribution in [0.1, 0.15) is 40.0 Å². The zero-order valence-electron chi connectivity index (χ0n) is 17.2. The Bertz CT molecular complexity index is 715. The van der Waals surface area contributed by atoms with Crippen LogP contribution in [0.2, 0.25) is 0 Å². The quantitative estimate of drug-likeness (QED) is 0.321. The van der Waals surface area contributed by atoms with Crippen LogP contribution in [0, 0.1) is 0 Å². The fourth-order valence-corrected chi connectivity index (χ4v) is 4.16. The molecule has 0 spiro atoms. The van der Waals surface area contributed by atoms with Crippen molar-refractivity contribution in [2.24, 2.45) is 4.99 Å². The Kier molecular flexibility index (Phi) is 8.65. The molecule has 0 amide bonds. The molecule has 3 N–H and O–H groups in total. The minimum absolute atomic E-state index is 0.00463. The number of likely N-dealkylation sites (tertiary alicyclic amines) is 1. The monoisotopic (exact) mass is 410 g/mol. The zero-order valence-corrected chi connectivity index (χ0v) is 18.1. The van der Waals surface area contributed by atoms with Gasteiger partial charge in [0.15, 0.2) is 5.96 Å². The first kappa shape index (κ1) is 22.6. The molecule has 1 saturated heterocycles. The van der Waals surface area contributed by atoms with Crippen LogP contribution >= 0.6 is 0 Å². The maximum Gasteiger partial charge on any atom is 0.242 e. The molecule has 1 fully saturated rings. The Morgan fingerprint density at radius 3 is 2.61 bits per heavy atom. The van der Waals surface area contributed by atoms with E-state index in [2.05, 4.69) is 39.1 Å². The number of rotatable bonds is 9. The van der Waals surface area contributed by atoms with Gasteiger partial charge in [-0.1, -0.05) is 6.42 Å². The normalized spacial score (nSPS) is 16.8. The van der Waals surface area contributed by atoms with E-state index >= 15 is 0 Å². The molecule has 2 heterocycles. The average molecular weight is 411 g/mol. The van der Waals surface area contributed by atoms with Gasteiger partial charge in [0.05, 0.1) is 6.54 Å². The molecule has 0 aromatic carbocycles. The second-order valence-corrected chi connectivity index (χ2v) is 9.34. The number of pyridine rings is 1. The summed E-state index contributed by atoms with van der Waals surface area (Å²) < 4.78 is 27.0. The summed E-state index contributed by atoms with van der Waals surface area (Å²) in [6.45, 7) is 10.9. The fourth-order valence-electron chi connectivity index (χ4n) is 3.17. The highest BCUT2D eigenvalue weighted by Crippen LogP contribution is 2.20. The molecule has 1 aromatic rings. The summed E-state index contributed by atoms with van der Waals surface area (Å²) >= 11 is 0. The molecule has 1 aliphatic heterocycles. The molecule has 2 rings (SSSR count). The number of piperidine rings is 1. The Morgan fingerprint density at radius 1 is 1.21 bits per heavy atom. The molecular formula is C19H34N6O2S. The number of hydrogen-bond donors (Lipinski definition) is 3. The molecule has 0 unspecified atom stereocenters. The maximum atomic E-state index is 12.2. The molecule has 1 aromatic heterocycles. The van der Waals surface area contributed by atoms with Crippen LogP contribution in [0.25, 0.3) is 0 Å². The van der Waals surface area contributed by atoms with Crippen molar-refractivity contribution < 1.29 is 8.42 Å². The Hall–Kier alpha value is -1.71. The van der Waals surface area contributed by atoms with Gasteiger partial charge in [-0.05, 0) is 58.8 Å². The number of aliphatic imine (C=N–C) groups is 1. The summed E-state index contributed by atoms with van der Waals surface area (Å²) in [5.41, 5.74) is 0.00463. The Balaban J connectivity index is 1.84. The molecule has 0 radical (unpaired) electrons. The van der Waals surface area contributed by atoms with Crippen molar-refractivity contribution >= 4 is 16.0 Å². The highest BCUT2D eigenvalue weighted by Gasteiger charge is 2.27. The summed E-state index contributed by atoms with van der Waals surface area (Å²) in [7, 11) is -3.54. The Morgan fingerprint density at radius 2 is 1.96 bits per heavy atom. The largest absolute Gasteiger partial charge is 0.357 e. The van der Waals surface area contributed by atoms with Gasteiger partial charge in [-0.2, -0.15) is 0 Å². The first-order valence-electron chi connectivity index (χ1n) is 10.0. The lowest BCUT2D eigenvalue weighted by molar-refractivity contribution is 0.102. The van der Waals surface area contributed by atoms with E-state index < -0.39 is 10.0 Å². The fraction of sp³-hybridized carbons (Fsp3) is 0.684. The highest BCUT2D eigenvalue weighted by atomic mass is 32.2. The lowest BCUT2D eigenvalue weighted by atomic mass is 9.99. The maximum absolute atomic E-state index is 12.2. The van der Waals surface area contributed by atoms with Crippen molar-refractivity contribution in [3.05, 3.63) is 24.5 Å². The summed E-state index contributed by atoms with van der Waals surface area (Å²) in [5, 5.41) is 6.42. The van der Waals surface area contributed by atoms with Crippen LogP contribution in [-0.2, 0) is 10.0 Å². The minimum atomic E-state index is -3.54. The molecule has 158 valence electrons. The van der Waals surface area contributed by atoms with E-state index in [1.807, 2.05) is 6.92 Å². The van der Waals surface area contributed by atoms with Gasteiger partial charge in [0.25, 0.3) is 0 Å². The van der Waals surface area contributed by atoms with E-state index in [0.717, 1.165) is 19.6 Å². The molecule has 0 aliphatic carbocycles. The third-order valence-corrected chi connectivity index (χ3v) is 6.28. The number of guanidine groups is 1. The molecule has 28 heavy (non-hydrogen) atoms. The SMILES string of the molecule is CCNC(=NCC(C)(C)N1CCCCC1)NCCNS(=O)(=O)c1cccnc1. The number of nitrogens with one attached hydrogen (secondary N) is 3. The van der Waals surface area contributed by atoms with E-state index in [1.165, 1.54) is 31.5 Å². The van der Waals surface area contributed by atoms with Gasteiger partial charge in [-0.25, -0.2) is 13.1 Å². The van der Waals surface area contributed by atoms with E-state index in [9.17, 15) is 8.42 Å². The second-order valence-electron chi connectivity index (χ2n) is 7.57. The number of hydrogen-bond acceptors (Lipinski definition) is 5. The van der Waals surface area contributed by atoms with Gasteiger partial charge >= 0.3 is 0 Å². The third kappa shape index (κ3) is 7.03. The molecule has 1 aliphatic rings. The van der Waals surface area contributed by atoms with Crippen LogP contribution in [0.5, 0.6) is 0 Å². The minimum Gasteiger partial charge on any atom is -0.357 e. The van der Waals surface area contributed by atoms with Gasteiger partial charge in [-0.15, -0.1) is 0 Å². The number of aromatic nitrogens is 1. The molecule has 0 saturated carbocycles. The Labute approximate surface area is 169 Å². The van der Waals surface area contributed by atoms with Crippen molar-refractivity contribution in [2.75, 3.05) is 39.3 Å². The van der Waals surface area contributed by atoms with Crippen LogP contribution in [0.3, 0.4) is 0 Å². The lowest BCUT2D eigenvalue weighted by Crippen LogP contribution is -2.50. The van der Waals surface area contributed by atoms with Crippen molar-refractivity contribution in [3.63, 3.8) is 0 Å². The van der Waals surface area contributed by atoms with Gasteiger partial charge < -0.3 is 10.6 Å². The average Bonchev–Trinajstić information content (AvgIpc) is 2.70. The molecule has 8 nitrogen and oxygen atoms in total. The van der Waals surface area contributed by atoms with E-state index in [0.29, 0.717) is 19.0 Å². The van der Waals surface area contributed by atoms with Gasteiger partial charge in [0.1, 0.15) is 4.90 Å². The summed E-state index contributed by atoms with van der Waals surface area (Å²) in [6, 6.07) is 3.13. The van der Waals surface area contributed by atoms with Crippen molar-refractivity contribution in [2.45, 2.75) is 50.5 Å². The van der Waals surface area contributed by atoms with E-state index in [-0.39, 0.29) is 17.0 Å². The van der Waals surface area contributed by atoms with Crippen molar-refractivity contribution in [1.82, 2.24) is 25.2 Å². The first-order chi connectivity index (χ1) is 13.3. The molecule has 0 bridgehead atoms. The van der Waals surface area contributed by atoms with E-state index in [1.54, 1.807) is 12.3 Å². The molecule has 9 heteroatoms.